The van der Waals surface area contributed by atoms with Gasteiger partial charge in [0.15, 0.2) is 0 Å². The van der Waals surface area contributed by atoms with Crippen molar-refractivity contribution in [3.05, 3.63) is 29.3 Å². The van der Waals surface area contributed by atoms with E-state index in [1.165, 1.54) is 19.3 Å². The highest BCUT2D eigenvalue weighted by atomic mass is 32.1. The Balaban J connectivity index is 1.82. The number of nitrogens with zero attached hydrogens (tertiary/aromatic N) is 1. The summed E-state index contributed by atoms with van der Waals surface area (Å²) in [6.07, 6.45) is 4.08. The van der Waals surface area contributed by atoms with Crippen LogP contribution in [0.15, 0.2) is 18.2 Å². The van der Waals surface area contributed by atoms with E-state index in [4.69, 9.17) is 27.4 Å². The number of thiocarbonyl (C=S) groups is 1. The summed E-state index contributed by atoms with van der Waals surface area (Å²) in [6.45, 7) is 2.66. The first-order chi connectivity index (χ1) is 10.2. The molecule has 1 aromatic rings. The Morgan fingerprint density at radius 1 is 1.48 bits per heavy atom. The first-order valence-corrected chi connectivity index (χ1v) is 7.92. The average molecular weight is 306 g/mol. The molecule has 1 aliphatic carbocycles. The van der Waals surface area contributed by atoms with Crippen LogP contribution in [0.3, 0.4) is 0 Å². The van der Waals surface area contributed by atoms with E-state index in [2.05, 4.69) is 11.0 Å². The molecule has 2 aliphatic rings. The highest BCUT2D eigenvalue weighted by Gasteiger charge is 2.36. The molecule has 1 aliphatic heterocycles. The molecule has 1 saturated carbocycles. The molecule has 4 nitrogen and oxygen atoms in total. The van der Waals surface area contributed by atoms with Crippen molar-refractivity contribution in [2.45, 2.75) is 38.0 Å². The molecule has 0 radical (unpaired) electrons. The lowest BCUT2D eigenvalue weighted by Gasteiger charge is -2.37. The van der Waals surface area contributed by atoms with Crippen LogP contribution in [-0.4, -0.2) is 42.3 Å². The molecule has 0 aromatic heterocycles. The molecule has 114 valence electrons. The lowest BCUT2D eigenvalue weighted by Crippen LogP contribution is -2.47. The van der Waals surface area contributed by atoms with Gasteiger partial charge >= 0.3 is 0 Å². The smallest absolute Gasteiger partial charge is 0.123 e. The van der Waals surface area contributed by atoms with Gasteiger partial charge in [0, 0.05) is 30.3 Å². The number of hydrogen-bond acceptors (Lipinski definition) is 4. The van der Waals surface area contributed by atoms with Gasteiger partial charge in [-0.05, 0) is 37.5 Å². The molecule has 2 fully saturated rings. The van der Waals surface area contributed by atoms with Crippen molar-refractivity contribution in [2.75, 3.05) is 20.3 Å². The zero-order valence-electron chi connectivity index (χ0n) is 12.4. The highest BCUT2D eigenvalue weighted by Crippen LogP contribution is 2.32. The number of morpholine rings is 1. The number of fused-ring (bicyclic) bond motifs is 1. The Morgan fingerprint density at radius 3 is 3.10 bits per heavy atom. The number of ether oxygens (including phenoxy) is 2. The zero-order valence-corrected chi connectivity index (χ0v) is 13.2. The average Bonchev–Trinajstić information content (AvgIpc) is 2.96. The lowest BCUT2D eigenvalue weighted by atomic mass is 10.1. The van der Waals surface area contributed by atoms with Gasteiger partial charge in [0.05, 0.1) is 19.8 Å². The fraction of sp³-hybridized carbons (Fsp3) is 0.562. The van der Waals surface area contributed by atoms with Crippen LogP contribution in [0.1, 0.15) is 30.4 Å². The molecule has 3 rings (SSSR count). The second-order valence-corrected chi connectivity index (χ2v) is 6.21. The summed E-state index contributed by atoms with van der Waals surface area (Å²) in [4.78, 5) is 2.95. The van der Waals surface area contributed by atoms with Gasteiger partial charge in [0.25, 0.3) is 0 Å². The van der Waals surface area contributed by atoms with Crippen LogP contribution in [0.5, 0.6) is 5.75 Å². The number of methoxy groups -OCH3 is 1. The minimum Gasteiger partial charge on any atom is -0.496 e. The molecule has 0 spiro atoms. The van der Waals surface area contributed by atoms with Crippen LogP contribution in [0.2, 0.25) is 0 Å². The Labute approximate surface area is 131 Å². The third-order valence-electron chi connectivity index (χ3n) is 4.54. The first-order valence-electron chi connectivity index (χ1n) is 7.51. The van der Waals surface area contributed by atoms with Gasteiger partial charge in [-0.2, -0.15) is 0 Å². The van der Waals surface area contributed by atoms with E-state index < -0.39 is 0 Å². The predicted molar refractivity (Wildman–Crippen MR) is 86.7 cm³/mol. The van der Waals surface area contributed by atoms with Gasteiger partial charge in [0.1, 0.15) is 10.7 Å². The minimum atomic E-state index is 0.406. The van der Waals surface area contributed by atoms with Crippen molar-refractivity contribution in [3.63, 3.8) is 0 Å². The summed E-state index contributed by atoms with van der Waals surface area (Å²) in [5, 5.41) is 0. The summed E-state index contributed by atoms with van der Waals surface area (Å²) >= 11 is 5.08. The van der Waals surface area contributed by atoms with Crippen LogP contribution in [0, 0.1) is 0 Å². The first kappa shape index (κ1) is 14.8. The molecular formula is C16H22N2O2S. The summed E-state index contributed by atoms with van der Waals surface area (Å²) in [5.41, 5.74) is 7.80. The molecule has 1 saturated heterocycles. The van der Waals surface area contributed by atoms with Crippen molar-refractivity contribution in [1.82, 2.24) is 4.90 Å². The van der Waals surface area contributed by atoms with Gasteiger partial charge in [-0.1, -0.05) is 12.2 Å². The van der Waals surface area contributed by atoms with Crippen LogP contribution >= 0.6 is 12.2 Å². The fourth-order valence-corrected chi connectivity index (χ4v) is 3.60. The van der Waals surface area contributed by atoms with Gasteiger partial charge in [-0.25, -0.2) is 0 Å². The molecule has 2 N–H and O–H groups in total. The minimum absolute atomic E-state index is 0.406. The van der Waals surface area contributed by atoms with E-state index in [1.54, 1.807) is 7.11 Å². The van der Waals surface area contributed by atoms with Crippen molar-refractivity contribution in [2.24, 2.45) is 5.73 Å². The Morgan fingerprint density at radius 2 is 2.33 bits per heavy atom. The zero-order chi connectivity index (χ0) is 14.8. The van der Waals surface area contributed by atoms with E-state index in [1.807, 2.05) is 12.1 Å². The van der Waals surface area contributed by atoms with Crippen molar-refractivity contribution in [3.8, 4) is 5.75 Å². The summed E-state index contributed by atoms with van der Waals surface area (Å²) in [6, 6.07) is 6.47. The van der Waals surface area contributed by atoms with E-state index in [9.17, 15) is 0 Å². The molecule has 5 heteroatoms. The van der Waals surface area contributed by atoms with E-state index >= 15 is 0 Å². The molecule has 2 unspecified atom stereocenters. The second-order valence-electron chi connectivity index (χ2n) is 5.77. The van der Waals surface area contributed by atoms with Crippen molar-refractivity contribution in [1.29, 1.82) is 0 Å². The number of rotatable bonds is 4. The molecule has 21 heavy (non-hydrogen) atoms. The molecule has 1 aromatic carbocycles. The second kappa shape index (κ2) is 6.30. The molecule has 0 amide bonds. The number of nitrogens with two attached hydrogens (primary N) is 1. The Hall–Kier alpha value is -1.17. The maximum Gasteiger partial charge on any atom is 0.123 e. The summed E-state index contributed by atoms with van der Waals surface area (Å²) < 4.78 is 11.4. The normalized spacial score (nSPS) is 25.6. The van der Waals surface area contributed by atoms with Crippen molar-refractivity contribution >= 4 is 17.2 Å². The Kier molecular flexibility index (Phi) is 4.42. The fourth-order valence-electron chi connectivity index (χ4n) is 3.48. The molecule has 0 bridgehead atoms. The largest absolute Gasteiger partial charge is 0.496 e. The van der Waals surface area contributed by atoms with Crippen LogP contribution in [0.4, 0.5) is 0 Å². The monoisotopic (exact) mass is 306 g/mol. The number of hydrogen-bond donors (Lipinski definition) is 1. The maximum atomic E-state index is 5.87. The van der Waals surface area contributed by atoms with Crippen LogP contribution in [0.25, 0.3) is 0 Å². The quantitative estimate of drug-likeness (QED) is 0.863. The van der Waals surface area contributed by atoms with Crippen LogP contribution < -0.4 is 10.5 Å². The van der Waals surface area contributed by atoms with Crippen LogP contribution in [-0.2, 0) is 11.3 Å². The third-order valence-corrected chi connectivity index (χ3v) is 4.77. The standard InChI is InChI=1S/C16H22N2O2S/c1-19-14-6-5-11(16(17)21)9-12(14)10-18-7-8-20-15-4-2-3-13(15)18/h5-6,9,13,15H,2-4,7-8,10H2,1H3,(H2,17,21). The number of benzene rings is 1. The SMILES string of the molecule is COc1ccc(C(N)=S)cc1CN1CCOC2CCCC21. The summed E-state index contributed by atoms with van der Waals surface area (Å²) in [5.74, 6) is 0.899. The van der Waals surface area contributed by atoms with Crippen molar-refractivity contribution < 1.29 is 9.47 Å². The topological polar surface area (TPSA) is 47.7 Å². The van der Waals surface area contributed by atoms with Gasteiger partial charge in [-0.15, -0.1) is 0 Å². The van der Waals surface area contributed by atoms with E-state index in [-0.39, 0.29) is 0 Å². The van der Waals surface area contributed by atoms with Gasteiger partial charge in [-0.3, -0.25) is 4.90 Å². The molecular weight excluding hydrogens is 284 g/mol. The molecule has 1 heterocycles. The van der Waals surface area contributed by atoms with Gasteiger partial charge in [0.2, 0.25) is 0 Å². The predicted octanol–water partition coefficient (Wildman–Crippen LogP) is 2.08. The lowest BCUT2D eigenvalue weighted by molar-refractivity contribution is -0.0589. The summed E-state index contributed by atoms with van der Waals surface area (Å²) in [7, 11) is 1.71. The highest BCUT2D eigenvalue weighted by molar-refractivity contribution is 7.80. The maximum absolute atomic E-state index is 5.87. The van der Waals surface area contributed by atoms with E-state index in [0.29, 0.717) is 17.1 Å². The van der Waals surface area contributed by atoms with Gasteiger partial charge < -0.3 is 15.2 Å². The van der Waals surface area contributed by atoms with E-state index in [0.717, 1.165) is 36.6 Å². The Bertz CT molecular complexity index is 535. The molecule has 2 atom stereocenters. The third kappa shape index (κ3) is 3.05.